The fraction of sp³-hybridized carbons (Fsp3) is 0.500. The highest BCUT2D eigenvalue weighted by atomic mass is 35.5. The number of halogens is 1. The second-order valence-electron chi connectivity index (χ2n) is 6.14. The summed E-state index contributed by atoms with van der Waals surface area (Å²) in [5.41, 5.74) is 0.446. The number of ether oxygens (including phenoxy) is 1. The number of hydrogen-bond donors (Lipinski definition) is 2. The lowest BCUT2D eigenvalue weighted by atomic mass is 10.0. The fourth-order valence-electron chi connectivity index (χ4n) is 2.68. The summed E-state index contributed by atoms with van der Waals surface area (Å²) in [6, 6.07) is 1.58. The first kappa shape index (κ1) is 17.6. The number of nitrogens with zero attached hydrogens (tertiary/aromatic N) is 4. The smallest absolute Gasteiger partial charge is 0.254 e. The van der Waals surface area contributed by atoms with Gasteiger partial charge < -0.3 is 15.0 Å². The summed E-state index contributed by atoms with van der Waals surface area (Å²) in [7, 11) is 3.37. The molecule has 3 heterocycles. The van der Waals surface area contributed by atoms with Gasteiger partial charge in [-0.2, -0.15) is 5.10 Å². The van der Waals surface area contributed by atoms with Crippen molar-refractivity contribution in [2.45, 2.75) is 25.3 Å². The van der Waals surface area contributed by atoms with Gasteiger partial charge in [0.05, 0.1) is 35.8 Å². The van der Waals surface area contributed by atoms with Crippen LogP contribution < -0.4 is 5.32 Å². The molecule has 9 heteroatoms. The number of hydrogen-bond acceptors (Lipinski definition) is 6. The lowest BCUT2D eigenvalue weighted by molar-refractivity contribution is 0.0827. The highest BCUT2D eigenvalue weighted by molar-refractivity contribution is 6.33. The summed E-state index contributed by atoms with van der Waals surface area (Å²) < 4.78 is 5.58. The van der Waals surface area contributed by atoms with Crippen LogP contribution in [-0.4, -0.2) is 64.3 Å². The SMILES string of the molecule is CCc1nc([C@@H]2COC[C@@H]2Nc2ncc(C(=O)N(C)C)cc2Cl)n[nH]1. The summed E-state index contributed by atoms with van der Waals surface area (Å²) in [5, 5.41) is 10.9. The van der Waals surface area contributed by atoms with Crippen molar-refractivity contribution in [2.75, 3.05) is 32.6 Å². The van der Waals surface area contributed by atoms with Gasteiger partial charge in [-0.15, -0.1) is 0 Å². The minimum atomic E-state index is -0.143. The zero-order valence-electron chi connectivity index (χ0n) is 14.4. The standard InChI is InChI=1S/C16H21ClN6O2/c1-4-13-20-14(22-21-13)10-7-25-8-12(10)19-15-11(17)5-9(6-18-15)16(24)23(2)3/h5-6,10,12H,4,7-8H2,1-3H3,(H,18,19)(H,20,21,22)/t10-,12+/m1/s1. The molecule has 0 bridgehead atoms. The van der Waals surface area contributed by atoms with Crippen LogP contribution in [-0.2, 0) is 11.2 Å². The van der Waals surface area contributed by atoms with E-state index in [1.807, 2.05) is 6.92 Å². The quantitative estimate of drug-likeness (QED) is 0.838. The molecule has 2 N–H and O–H groups in total. The molecular formula is C16H21ClN6O2. The third-order valence-corrected chi connectivity index (χ3v) is 4.40. The molecule has 134 valence electrons. The van der Waals surface area contributed by atoms with Crippen molar-refractivity contribution in [1.82, 2.24) is 25.1 Å². The molecular weight excluding hydrogens is 344 g/mol. The van der Waals surface area contributed by atoms with Crippen molar-refractivity contribution in [1.29, 1.82) is 0 Å². The molecule has 0 aliphatic carbocycles. The van der Waals surface area contributed by atoms with E-state index in [1.165, 1.54) is 11.1 Å². The predicted octanol–water partition coefficient (Wildman–Crippen LogP) is 1.71. The lowest BCUT2D eigenvalue weighted by Crippen LogP contribution is -2.28. The van der Waals surface area contributed by atoms with Crippen LogP contribution in [0.2, 0.25) is 5.02 Å². The molecule has 0 radical (unpaired) electrons. The normalized spacial score (nSPS) is 19.8. The molecule has 0 aromatic carbocycles. The Balaban J connectivity index is 1.75. The van der Waals surface area contributed by atoms with E-state index in [4.69, 9.17) is 16.3 Å². The van der Waals surface area contributed by atoms with E-state index in [-0.39, 0.29) is 17.9 Å². The van der Waals surface area contributed by atoms with Crippen LogP contribution >= 0.6 is 11.6 Å². The summed E-state index contributed by atoms with van der Waals surface area (Å²) in [6.45, 7) is 3.07. The molecule has 25 heavy (non-hydrogen) atoms. The number of aryl methyl sites for hydroxylation is 1. The van der Waals surface area contributed by atoms with Gasteiger partial charge >= 0.3 is 0 Å². The first-order valence-corrected chi connectivity index (χ1v) is 8.50. The molecule has 0 saturated carbocycles. The number of nitrogens with one attached hydrogen (secondary N) is 2. The number of aromatic amines is 1. The van der Waals surface area contributed by atoms with Gasteiger partial charge in [0.15, 0.2) is 5.82 Å². The van der Waals surface area contributed by atoms with Crippen molar-refractivity contribution in [2.24, 2.45) is 0 Å². The Bertz CT molecular complexity index is 763. The van der Waals surface area contributed by atoms with Crippen LogP contribution in [0, 0.1) is 0 Å². The Morgan fingerprint density at radius 3 is 2.92 bits per heavy atom. The van der Waals surface area contributed by atoms with Crippen LogP contribution in [0.3, 0.4) is 0 Å². The monoisotopic (exact) mass is 364 g/mol. The summed E-state index contributed by atoms with van der Waals surface area (Å²) >= 11 is 6.30. The van der Waals surface area contributed by atoms with E-state index < -0.39 is 0 Å². The number of H-pyrrole nitrogens is 1. The minimum Gasteiger partial charge on any atom is -0.378 e. The summed E-state index contributed by atoms with van der Waals surface area (Å²) in [4.78, 5) is 22.3. The molecule has 2 aromatic rings. The number of pyridine rings is 1. The average molecular weight is 365 g/mol. The van der Waals surface area contributed by atoms with Gasteiger partial charge in [-0.05, 0) is 6.07 Å². The maximum atomic E-state index is 12.0. The van der Waals surface area contributed by atoms with Gasteiger partial charge in [0, 0.05) is 26.7 Å². The second-order valence-corrected chi connectivity index (χ2v) is 6.55. The van der Waals surface area contributed by atoms with Gasteiger partial charge in [0.25, 0.3) is 5.91 Å². The number of amides is 1. The number of rotatable bonds is 5. The van der Waals surface area contributed by atoms with Crippen molar-refractivity contribution in [3.05, 3.63) is 34.5 Å². The molecule has 2 atom stereocenters. The molecule has 3 rings (SSSR count). The van der Waals surface area contributed by atoms with Gasteiger partial charge in [-0.1, -0.05) is 18.5 Å². The maximum Gasteiger partial charge on any atom is 0.254 e. The highest BCUT2D eigenvalue weighted by Gasteiger charge is 2.33. The summed E-state index contributed by atoms with van der Waals surface area (Å²) in [5.74, 6) is 1.96. The van der Waals surface area contributed by atoms with Crippen LogP contribution in [0.25, 0.3) is 0 Å². The maximum absolute atomic E-state index is 12.0. The Morgan fingerprint density at radius 1 is 1.48 bits per heavy atom. The van der Waals surface area contributed by atoms with E-state index in [9.17, 15) is 4.79 Å². The van der Waals surface area contributed by atoms with Crippen molar-refractivity contribution < 1.29 is 9.53 Å². The highest BCUT2D eigenvalue weighted by Crippen LogP contribution is 2.28. The molecule has 0 unspecified atom stereocenters. The minimum absolute atomic E-state index is 0.0116. The Labute approximate surface area is 150 Å². The van der Waals surface area contributed by atoms with Crippen LogP contribution in [0.15, 0.2) is 12.3 Å². The first-order valence-electron chi connectivity index (χ1n) is 8.12. The predicted molar refractivity (Wildman–Crippen MR) is 94.0 cm³/mol. The molecule has 1 fully saturated rings. The van der Waals surface area contributed by atoms with Gasteiger partial charge in [0.2, 0.25) is 0 Å². The molecule has 1 aliphatic heterocycles. The lowest BCUT2D eigenvalue weighted by Gasteiger charge is -2.18. The Morgan fingerprint density at radius 2 is 2.28 bits per heavy atom. The van der Waals surface area contributed by atoms with Crippen LogP contribution in [0.5, 0.6) is 0 Å². The van der Waals surface area contributed by atoms with E-state index in [0.717, 1.165) is 18.1 Å². The first-order chi connectivity index (χ1) is 12.0. The van der Waals surface area contributed by atoms with Crippen molar-refractivity contribution in [3.8, 4) is 0 Å². The van der Waals surface area contributed by atoms with E-state index >= 15 is 0 Å². The fourth-order valence-corrected chi connectivity index (χ4v) is 2.90. The number of carbonyl (C=O) groups excluding carboxylic acids is 1. The molecule has 1 amide bonds. The Hall–Kier alpha value is -2.19. The molecule has 1 saturated heterocycles. The van der Waals surface area contributed by atoms with E-state index in [2.05, 4.69) is 25.5 Å². The third kappa shape index (κ3) is 3.74. The van der Waals surface area contributed by atoms with E-state index in [1.54, 1.807) is 20.2 Å². The average Bonchev–Trinajstić information content (AvgIpc) is 3.24. The van der Waals surface area contributed by atoms with Crippen molar-refractivity contribution in [3.63, 3.8) is 0 Å². The molecule has 1 aliphatic rings. The number of aromatic nitrogens is 4. The van der Waals surface area contributed by atoms with Gasteiger partial charge in [-0.3, -0.25) is 9.89 Å². The van der Waals surface area contributed by atoms with Gasteiger partial charge in [0.1, 0.15) is 11.6 Å². The zero-order chi connectivity index (χ0) is 18.0. The van der Waals surface area contributed by atoms with E-state index in [0.29, 0.717) is 29.6 Å². The Kier molecular flexibility index (Phi) is 5.19. The number of anilines is 1. The zero-order valence-corrected chi connectivity index (χ0v) is 15.2. The van der Waals surface area contributed by atoms with Crippen molar-refractivity contribution >= 4 is 23.3 Å². The molecule has 0 spiro atoms. The second kappa shape index (κ2) is 7.37. The summed E-state index contributed by atoms with van der Waals surface area (Å²) in [6.07, 6.45) is 2.32. The largest absolute Gasteiger partial charge is 0.378 e. The van der Waals surface area contributed by atoms with Crippen LogP contribution in [0.1, 0.15) is 34.8 Å². The topological polar surface area (TPSA) is 96.0 Å². The number of carbonyl (C=O) groups is 1. The molecule has 2 aromatic heterocycles. The van der Waals surface area contributed by atoms with Crippen LogP contribution in [0.4, 0.5) is 5.82 Å². The molecule has 8 nitrogen and oxygen atoms in total. The third-order valence-electron chi connectivity index (χ3n) is 4.11. The van der Waals surface area contributed by atoms with Gasteiger partial charge in [-0.25, -0.2) is 9.97 Å².